The van der Waals surface area contributed by atoms with Crippen LogP contribution in [0.1, 0.15) is 50.1 Å². The molecule has 1 aliphatic heterocycles. The normalized spacial score (nSPS) is 30.2. The van der Waals surface area contributed by atoms with Crippen LogP contribution < -0.4 is 14.8 Å². The van der Waals surface area contributed by atoms with Crippen LogP contribution in [-0.4, -0.2) is 65.8 Å². The predicted octanol–water partition coefficient (Wildman–Crippen LogP) is 5.17. The molecule has 2 aromatic rings. The number of hydrogen-bond acceptors (Lipinski definition) is 8. The molecule has 6 unspecified atom stereocenters. The van der Waals surface area contributed by atoms with Gasteiger partial charge >= 0.3 is 0 Å². The average Bonchev–Trinajstić information content (AvgIpc) is 3.30. The molecule has 3 aliphatic rings. The number of hydrogen-bond donors (Lipinski definition) is 2. The van der Waals surface area contributed by atoms with Crippen molar-refractivity contribution in [2.45, 2.75) is 52.1 Å². The van der Waals surface area contributed by atoms with Crippen LogP contribution in [0.15, 0.2) is 18.2 Å². The minimum Gasteiger partial charge on any atom is -0.497 e. The van der Waals surface area contributed by atoms with E-state index in [2.05, 4.69) is 19.2 Å². The zero-order valence-corrected chi connectivity index (χ0v) is 24.1. The van der Waals surface area contributed by atoms with E-state index in [1.165, 1.54) is 4.88 Å². The molecule has 202 valence electrons. The maximum atomic E-state index is 13.3. The van der Waals surface area contributed by atoms with Crippen LogP contribution in [0, 0.1) is 23.2 Å². The summed E-state index contributed by atoms with van der Waals surface area (Å²) in [5.41, 5.74) is 1.88. The fourth-order valence-corrected chi connectivity index (χ4v) is 9.06. The molecule has 1 saturated heterocycles. The second kappa shape index (κ2) is 10.7. The lowest BCUT2D eigenvalue weighted by Gasteiger charge is -2.53. The van der Waals surface area contributed by atoms with Gasteiger partial charge in [0, 0.05) is 47.4 Å². The van der Waals surface area contributed by atoms with Gasteiger partial charge in [0.15, 0.2) is 5.13 Å². The highest BCUT2D eigenvalue weighted by molar-refractivity contribution is 7.99. The quantitative estimate of drug-likeness (QED) is 0.518. The summed E-state index contributed by atoms with van der Waals surface area (Å²) in [6, 6.07) is 5.67. The van der Waals surface area contributed by atoms with Gasteiger partial charge in [-0.2, -0.15) is 11.8 Å². The Morgan fingerprint density at radius 1 is 1.27 bits per heavy atom. The van der Waals surface area contributed by atoms with Crippen molar-refractivity contribution in [3.63, 3.8) is 0 Å². The maximum absolute atomic E-state index is 13.3. The SMILES string of the molecule is COc1ccc(OC)c(Nc2nc3c(s2)CC2(C)CCC(C(C)C(=O)N4CCSCC4)C(O)C2C3C)c1. The van der Waals surface area contributed by atoms with Crippen LogP contribution >= 0.6 is 23.1 Å². The van der Waals surface area contributed by atoms with Crippen molar-refractivity contribution in [3.8, 4) is 11.5 Å². The summed E-state index contributed by atoms with van der Waals surface area (Å²) < 4.78 is 10.9. The number of thiazole rings is 1. The maximum Gasteiger partial charge on any atom is 0.225 e. The van der Waals surface area contributed by atoms with Gasteiger partial charge in [-0.25, -0.2) is 4.98 Å². The topological polar surface area (TPSA) is 83.9 Å². The molecule has 1 aromatic heterocycles. The van der Waals surface area contributed by atoms with Gasteiger partial charge in [0.05, 0.1) is 31.7 Å². The minimum absolute atomic E-state index is 0.00960. The summed E-state index contributed by atoms with van der Waals surface area (Å²) in [6.45, 7) is 8.21. The van der Waals surface area contributed by atoms with E-state index >= 15 is 0 Å². The molecule has 1 aromatic carbocycles. The number of benzene rings is 1. The third-order valence-corrected chi connectivity index (χ3v) is 10.9. The number of rotatable bonds is 6. The third-order valence-electron chi connectivity index (χ3n) is 8.92. The molecule has 1 amide bonds. The average molecular weight is 546 g/mol. The summed E-state index contributed by atoms with van der Waals surface area (Å²) >= 11 is 3.60. The highest BCUT2D eigenvalue weighted by Crippen LogP contribution is 2.57. The Labute approximate surface area is 228 Å². The monoisotopic (exact) mass is 545 g/mol. The zero-order valence-electron chi connectivity index (χ0n) is 22.5. The molecule has 1 saturated carbocycles. The van der Waals surface area contributed by atoms with Crippen molar-refractivity contribution >= 4 is 39.8 Å². The molecular weight excluding hydrogens is 506 g/mol. The first-order valence-electron chi connectivity index (χ1n) is 13.3. The largest absolute Gasteiger partial charge is 0.497 e. The fraction of sp³-hybridized carbons (Fsp3) is 0.643. The van der Waals surface area contributed by atoms with Gasteiger partial charge in [-0.1, -0.05) is 20.8 Å². The molecule has 2 heterocycles. The van der Waals surface area contributed by atoms with Crippen LogP contribution in [-0.2, 0) is 11.2 Å². The highest BCUT2D eigenvalue weighted by Gasteiger charge is 2.54. The van der Waals surface area contributed by atoms with E-state index < -0.39 is 6.10 Å². The van der Waals surface area contributed by atoms with Crippen molar-refractivity contribution in [2.24, 2.45) is 23.2 Å². The zero-order chi connectivity index (χ0) is 26.3. The van der Waals surface area contributed by atoms with Gasteiger partial charge in [-0.3, -0.25) is 4.79 Å². The van der Waals surface area contributed by atoms with Crippen molar-refractivity contribution in [3.05, 3.63) is 28.8 Å². The first-order valence-corrected chi connectivity index (χ1v) is 15.3. The van der Waals surface area contributed by atoms with Crippen LogP contribution in [0.4, 0.5) is 10.8 Å². The Bertz CT molecular complexity index is 1130. The molecule has 0 bridgehead atoms. The van der Waals surface area contributed by atoms with Crippen LogP contribution in [0.2, 0.25) is 0 Å². The minimum atomic E-state index is -0.517. The number of aliphatic hydroxyl groups is 1. The Morgan fingerprint density at radius 3 is 2.73 bits per heavy atom. The number of aliphatic hydroxyl groups excluding tert-OH is 1. The molecule has 0 spiro atoms. The third kappa shape index (κ3) is 4.94. The summed E-state index contributed by atoms with van der Waals surface area (Å²) in [7, 11) is 3.30. The molecule has 37 heavy (non-hydrogen) atoms. The van der Waals surface area contributed by atoms with E-state index in [4.69, 9.17) is 14.5 Å². The number of nitrogens with one attached hydrogen (secondary N) is 1. The molecular formula is C28H39N3O4S2. The van der Waals surface area contributed by atoms with E-state index in [1.807, 2.05) is 41.8 Å². The Hall–Kier alpha value is -1.97. The van der Waals surface area contributed by atoms with E-state index in [0.717, 1.165) is 71.9 Å². The first kappa shape index (κ1) is 26.6. The molecule has 0 radical (unpaired) electrons. The smallest absolute Gasteiger partial charge is 0.225 e. The molecule has 7 nitrogen and oxygen atoms in total. The van der Waals surface area contributed by atoms with E-state index in [9.17, 15) is 9.90 Å². The molecule has 2 N–H and O–H groups in total. The predicted molar refractivity (Wildman–Crippen MR) is 150 cm³/mol. The fourth-order valence-electron chi connectivity index (χ4n) is 6.88. The van der Waals surface area contributed by atoms with Crippen LogP contribution in [0.25, 0.3) is 0 Å². The van der Waals surface area contributed by atoms with Crippen LogP contribution in [0.3, 0.4) is 0 Å². The number of nitrogens with zero attached hydrogens (tertiary/aromatic N) is 2. The van der Waals surface area contributed by atoms with Gasteiger partial charge < -0.3 is 24.8 Å². The summed E-state index contributed by atoms with van der Waals surface area (Å²) in [4.78, 5) is 21.6. The van der Waals surface area contributed by atoms with Gasteiger partial charge in [0.1, 0.15) is 11.5 Å². The lowest BCUT2D eigenvalue weighted by atomic mass is 9.53. The molecule has 5 rings (SSSR count). The van der Waals surface area contributed by atoms with Gasteiger partial charge in [-0.05, 0) is 48.6 Å². The Kier molecular flexibility index (Phi) is 7.67. The van der Waals surface area contributed by atoms with Gasteiger partial charge in [-0.15, -0.1) is 11.3 Å². The van der Waals surface area contributed by atoms with E-state index in [0.29, 0.717) is 0 Å². The highest BCUT2D eigenvalue weighted by atomic mass is 32.2. The van der Waals surface area contributed by atoms with E-state index in [-0.39, 0.29) is 35.0 Å². The summed E-state index contributed by atoms with van der Waals surface area (Å²) in [5, 5.41) is 16.0. The Morgan fingerprint density at radius 2 is 2.03 bits per heavy atom. The van der Waals surface area contributed by atoms with Crippen molar-refractivity contribution < 1.29 is 19.4 Å². The number of ether oxygens (including phenoxy) is 2. The molecule has 2 aliphatic carbocycles. The number of amides is 1. The number of methoxy groups -OCH3 is 2. The second-order valence-electron chi connectivity index (χ2n) is 11.1. The lowest BCUT2D eigenvalue weighted by Crippen LogP contribution is -2.54. The van der Waals surface area contributed by atoms with Crippen LogP contribution in [0.5, 0.6) is 11.5 Å². The number of carbonyl (C=O) groups excluding carboxylic acids is 1. The van der Waals surface area contributed by atoms with Crippen molar-refractivity contribution in [1.82, 2.24) is 9.88 Å². The number of aromatic nitrogens is 1. The van der Waals surface area contributed by atoms with E-state index in [1.54, 1.807) is 25.6 Å². The number of fused-ring (bicyclic) bond motifs is 2. The number of thioether (sulfide) groups is 1. The molecule has 9 heteroatoms. The van der Waals surface area contributed by atoms with Crippen molar-refractivity contribution in [2.75, 3.05) is 44.1 Å². The number of carbonyl (C=O) groups is 1. The summed E-state index contributed by atoms with van der Waals surface area (Å²) in [5.74, 6) is 3.72. The summed E-state index contributed by atoms with van der Waals surface area (Å²) in [6.07, 6.45) is 2.29. The van der Waals surface area contributed by atoms with Gasteiger partial charge in [0.25, 0.3) is 0 Å². The lowest BCUT2D eigenvalue weighted by molar-refractivity contribution is -0.144. The Balaban J connectivity index is 1.37. The first-order chi connectivity index (χ1) is 17.8. The molecule has 6 atom stereocenters. The van der Waals surface area contributed by atoms with Gasteiger partial charge in [0.2, 0.25) is 5.91 Å². The van der Waals surface area contributed by atoms with Crippen molar-refractivity contribution in [1.29, 1.82) is 0 Å². The molecule has 2 fully saturated rings. The second-order valence-corrected chi connectivity index (χ2v) is 13.4. The standard InChI is InChI=1S/C28H39N3O4S2/c1-16(26(33)31-10-12-36-13-11-31)19-8-9-28(3)15-22-24(17(2)23(28)25(19)32)30-27(37-22)29-20-14-18(34-4)6-7-21(20)35-5/h6-7,14,16-17,19,23,25,32H,8-13,15H2,1-5H3,(H,29,30). The number of anilines is 2.